The van der Waals surface area contributed by atoms with Crippen molar-refractivity contribution in [3.63, 3.8) is 0 Å². The minimum Gasteiger partial charge on any atom is -0.458 e. The summed E-state index contributed by atoms with van der Waals surface area (Å²) in [5, 5.41) is 11.5. The summed E-state index contributed by atoms with van der Waals surface area (Å²) < 4.78 is 47.9. The van der Waals surface area contributed by atoms with E-state index in [1.807, 2.05) is 6.92 Å². The zero-order valence-electron chi connectivity index (χ0n) is 17.5. The molecule has 0 amide bonds. The van der Waals surface area contributed by atoms with E-state index in [0.717, 1.165) is 0 Å². The predicted octanol–water partition coefficient (Wildman–Crippen LogP) is 2.18. The van der Waals surface area contributed by atoms with Gasteiger partial charge >= 0.3 is 5.97 Å². The van der Waals surface area contributed by atoms with Crippen LogP contribution in [0.4, 0.5) is 8.78 Å². The van der Waals surface area contributed by atoms with Gasteiger partial charge in [0.25, 0.3) is 5.92 Å². The van der Waals surface area contributed by atoms with E-state index in [9.17, 15) is 14.7 Å². The van der Waals surface area contributed by atoms with Crippen LogP contribution in [0.2, 0.25) is 0 Å². The lowest BCUT2D eigenvalue weighted by atomic mass is 9.44. The average Bonchev–Trinajstić information content (AvgIpc) is 3.52. The first-order valence-corrected chi connectivity index (χ1v) is 10.8. The van der Waals surface area contributed by atoms with E-state index in [4.69, 9.17) is 14.2 Å². The van der Waals surface area contributed by atoms with Gasteiger partial charge in [0, 0.05) is 17.8 Å². The number of esters is 1. The highest BCUT2D eigenvalue weighted by Crippen LogP contribution is 2.80. The molecule has 8 heteroatoms. The normalized spacial score (nSPS) is 54.7. The van der Waals surface area contributed by atoms with Gasteiger partial charge in [-0.3, -0.25) is 4.79 Å². The van der Waals surface area contributed by atoms with Crippen molar-refractivity contribution in [2.24, 2.45) is 23.2 Å². The first-order valence-electron chi connectivity index (χ1n) is 10.8. The van der Waals surface area contributed by atoms with Crippen molar-refractivity contribution in [3.05, 3.63) is 11.1 Å². The van der Waals surface area contributed by atoms with E-state index < -0.39 is 70.0 Å². The number of aliphatic hydroxyl groups is 1. The van der Waals surface area contributed by atoms with E-state index in [-0.39, 0.29) is 18.4 Å². The Hall–Kier alpha value is -1.38. The summed E-state index contributed by atoms with van der Waals surface area (Å²) in [5.41, 5.74) is -5.50. The van der Waals surface area contributed by atoms with Gasteiger partial charge in [0.05, 0.1) is 12.2 Å². The Kier molecular flexibility index (Phi) is 3.21. The van der Waals surface area contributed by atoms with E-state index in [1.165, 1.54) is 0 Å². The molecule has 0 radical (unpaired) electrons. The van der Waals surface area contributed by atoms with Crippen LogP contribution in [-0.2, 0) is 23.8 Å². The molecule has 1 N–H and O–H groups in total. The standard InChI is InChI=1S/C22H26F2O6/c1-5-11-15-22(30-15)18(4)8-19(23,24)14-10(7-28-16(14)25)12(18)6-13-21(22,29-13)17(26)20(11,27)9(2)3/h9,11-13,15,27H,5-8H2,1-4H3/t11-,12-,13-,15-,18-,20-,21+,22+/m0/s1. The first kappa shape index (κ1) is 19.3. The number of epoxide rings is 2. The van der Waals surface area contributed by atoms with Crippen LogP contribution in [0.15, 0.2) is 11.1 Å². The van der Waals surface area contributed by atoms with Gasteiger partial charge in [0.2, 0.25) is 5.78 Å². The third-order valence-corrected chi connectivity index (χ3v) is 9.21. The van der Waals surface area contributed by atoms with Crippen LogP contribution in [0.1, 0.15) is 47.0 Å². The number of halogens is 2. The molecule has 8 atom stereocenters. The van der Waals surface area contributed by atoms with Crippen molar-refractivity contribution in [3.8, 4) is 0 Å². The molecule has 3 aliphatic carbocycles. The summed E-state index contributed by atoms with van der Waals surface area (Å²) in [4.78, 5) is 25.9. The Bertz CT molecular complexity index is 944. The number of carbonyl (C=O) groups excluding carboxylic acids is 2. The van der Waals surface area contributed by atoms with E-state index in [0.29, 0.717) is 18.4 Å². The molecule has 2 saturated carbocycles. The number of carbonyl (C=O) groups is 2. The lowest BCUT2D eigenvalue weighted by Crippen LogP contribution is -2.73. The van der Waals surface area contributed by atoms with Gasteiger partial charge in [-0.15, -0.1) is 0 Å². The second-order valence-electron chi connectivity index (χ2n) is 10.5. The minimum atomic E-state index is -3.36. The SMILES string of the molecule is CC[C@H]1[C@@H]2O[C@@]23[C@@]2(C)CC(F)(F)C4=C(COC4=O)[C@@H]2C[C@@H]2O[C@@]23C(=O)[C@]1(O)C(C)C. The number of hydrogen-bond acceptors (Lipinski definition) is 6. The monoisotopic (exact) mass is 424 g/mol. The van der Waals surface area contributed by atoms with Gasteiger partial charge in [0.15, 0.2) is 5.60 Å². The van der Waals surface area contributed by atoms with Crippen LogP contribution in [0, 0.1) is 23.2 Å². The number of cyclic esters (lactones) is 1. The highest BCUT2D eigenvalue weighted by Gasteiger charge is 2.97. The maximum absolute atomic E-state index is 15.3. The molecule has 0 bridgehead atoms. The Morgan fingerprint density at radius 3 is 2.57 bits per heavy atom. The van der Waals surface area contributed by atoms with Gasteiger partial charge in [0.1, 0.15) is 23.4 Å². The molecule has 4 fully saturated rings. The predicted molar refractivity (Wildman–Crippen MR) is 97.5 cm³/mol. The van der Waals surface area contributed by atoms with E-state index >= 15 is 8.78 Å². The van der Waals surface area contributed by atoms with Crippen molar-refractivity contribution >= 4 is 11.8 Å². The molecule has 6 rings (SSSR count). The molecule has 164 valence electrons. The molecule has 3 heterocycles. The lowest BCUT2D eigenvalue weighted by Gasteiger charge is -2.55. The highest BCUT2D eigenvalue weighted by molar-refractivity contribution is 6.02. The van der Waals surface area contributed by atoms with Gasteiger partial charge in [-0.2, -0.15) is 0 Å². The Labute approximate surface area is 172 Å². The summed E-state index contributed by atoms with van der Waals surface area (Å²) in [6, 6.07) is 0. The molecule has 0 aromatic rings. The fourth-order valence-corrected chi connectivity index (χ4v) is 7.87. The quantitative estimate of drug-likeness (QED) is 0.540. The number of hydrogen-bond donors (Lipinski definition) is 1. The molecule has 6 aliphatic rings. The Balaban J connectivity index is 1.55. The molecule has 3 aliphatic heterocycles. The summed E-state index contributed by atoms with van der Waals surface area (Å²) in [7, 11) is 0. The molecular formula is C22H26F2O6. The zero-order valence-corrected chi connectivity index (χ0v) is 17.5. The third kappa shape index (κ3) is 1.63. The summed E-state index contributed by atoms with van der Waals surface area (Å²) >= 11 is 0. The number of rotatable bonds is 2. The van der Waals surface area contributed by atoms with Gasteiger partial charge in [-0.25, -0.2) is 13.6 Å². The lowest BCUT2D eigenvalue weighted by molar-refractivity contribution is -0.173. The van der Waals surface area contributed by atoms with Gasteiger partial charge in [-0.1, -0.05) is 27.7 Å². The second kappa shape index (κ2) is 4.99. The average molecular weight is 424 g/mol. The second-order valence-corrected chi connectivity index (χ2v) is 10.5. The van der Waals surface area contributed by atoms with Crippen molar-refractivity contribution in [1.29, 1.82) is 0 Å². The molecule has 6 nitrogen and oxygen atoms in total. The minimum absolute atomic E-state index is 0.147. The number of ketones is 1. The fraction of sp³-hybridized carbons (Fsp3) is 0.818. The largest absolute Gasteiger partial charge is 0.458 e. The molecule has 0 aromatic carbocycles. The summed E-state index contributed by atoms with van der Waals surface area (Å²) in [6.45, 7) is 7.07. The van der Waals surface area contributed by atoms with Crippen LogP contribution >= 0.6 is 0 Å². The van der Waals surface area contributed by atoms with Crippen molar-refractivity contribution < 1.29 is 37.7 Å². The first-order chi connectivity index (χ1) is 13.9. The number of Topliss-reactive ketones (excluding diaryl/α,β-unsaturated/α-hetero) is 1. The maximum Gasteiger partial charge on any atom is 0.340 e. The zero-order chi connectivity index (χ0) is 21.6. The molecule has 30 heavy (non-hydrogen) atoms. The van der Waals surface area contributed by atoms with Crippen LogP contribution in [-0.4, -0.2) is 58.4 Å². The topological polar surface area (TPSA) is 88.7 Å². The van der Waals surface area contributed by atoms with E-state index in [1.54, 1.807) is 20.8 Å². The maximum atomic E-state index is 15.3. The fourth-order valence-electron chi connectivity index (χ4n) is 7.87. The highest BCUT2D eigenvalue weighted by atomic mass is 19.3. The summed E-state index contributed by atoms with van der Waals surface area (Å²) in [5.74, 6) is -5.97. The Morgan fingerprint density at radius 2 is 1.93 bits per heavy atom. The van der Waals surface area contributed by atoms with Crippen LogP contribution < -0.4 is 0 Å². The summed E-state index contributed by atoms with van der Waals surface area (Å²) in [6.07, 6.45) is -0.818. The van der Waals surface area contributed by atoms with Crippen LogP contribution in [0.3, 0.4) is 0 Å². The third-order valence-electron chi connectivity index (χ3n) is 9.21. The van der Waals surface area contributed by atoms with Gasteiger partial charge < -0.3 is 19.3 Å². The number of ether oxygens (including phenoxy) is 3. The van der Waals surface area contributed by atoms with Gasteiger partial charge in [-0.05, 0) is 30.3 Å². The van der Waals surface area contributed by atoms with Crippen molar-refractivity contribution in [2.75, 3.05) is 6.61 Å². The molecule has 0 unspecified atom stereocenters. The van der Waals surface area contributed by atoms with Crippen LogP contribution in [0.25, 0.3) is 0 Å². The molecule has 0 aromatic heterocycles. The van der Waals surface area contributed by atoms with Crippen molar-refractivity contribution in [2.45, 2.75) is 81.9 Å². The van der Waals surface area contributed by atoms with Crippen LogP contribution in [0.5, 0.6) is 0 Å². The molecular weight excluding hydrogens is 398 g/mol. The number of fused-ring (bicyclic) bond motifs is 2. The van der Waals surface area contributed by atoms with Crippen molar-refractivity contribution in [1.82, 2.24) is 0 Å². The molecule has 2 saturated heterocycles. The smallest absolute Gasteiger partial charge is 0.340 e. The molecule has 2 spiro atoms. The number of alkyl halides is 2. The van der Waals surface area contributed by atoms with E-state index in [2.05, 4.69) is 0 Å². The Morgan fingerprint density at radius 1 is 1.23 bits per heavy atom.